The van der Waals surface area contributed by atoms with Crippen LogP contribution in [-0.2, 0) is 0 Å². The molecule has 4 N–H and O–H groups in total. The van der Waals surface area contributed by atoms with E-state index in [-0.39, 0.29) is 0 Å². The maximum atomic E-state index is 5.58. The summed E-state index contributed by atoms with van der Waals surface area (Å²) in [5, 5.41) is 0. The molecule has 0 spiro atoms. The van der Waals surface area contributed by atoms with Crippen molar-refractivity contribution in [1.82, 2.24) is 0 Å². The van der Waals surface area contributed by atoms with Gasteiger partial charge in [-0.25, -0.2) is 4.99 Å². The van der Waals surface area contributed by atoms with Crippen LogP contribution in [0, 0.1) is 0 Å². The van der Waals surface area contributed by atoms with Gasteiger partial charge in [0.05, 0.1) is 12.0 Å². The van der Waals surface area contributed by atoms with Crippen molar-refractivity contribution in [3.63, 3.8) is 0 Å². The van der Waals surface area contributed by atoms with E-state index in [4.69, 9.17) is 11.5 Å². The smallest absolute Gasteiger partial charge is 0.0856 e. The molecule has 1 aliphatic carbocycles. The van der Waals surface area contributed by atoms with Gasteiger partial charge in [0.15, 0.2) is 0 Å². The summed E-state index contributed by atoms with van der Waals surface area (Å²) < 4.78 is 0. The predicted molar refractivity (Wildman–Crippen MR) is 37.7 cm³/mol. The first-order chi connectivity index (χ1) is 4.34. The van der Waals surface area contributed by atoms with Crippen LogP contribution in [0.5, 0.6) is 0 Å². The van der Waals surface area contributed by atoms with Gasteiger partial charge in [0.1, 0.15) is 0 Å². The lowest BCUT2D eigenvalue weighted by atomic mass is 10.3. The molecule has 0 saturated heterocycles. The molecule has 9 heavy (non-hydrogen) atoms. The van der Waals surface area contributed by atoms with Crippen LogP contribution >= 0.6 is 0 Å². The van der Waals surface area contributed by atoms with Gasteiger partial charge in [-0.05, 0) is 19.3 Å². The summed E-state index contributed by atoms with van der Waals surface area (Å²) >= 11 is 0. The summed E-state index contributed by atoms with van der Waals surface area (Å²) in [6, 6.07) is 0. The zero-order valence-corrected chi connectivity index (χ0v) is 5.30. The Morgan fingerprint density at radius 1 is 1.44 bits per heavy atom. The largest absolute Gasteiger partial charge is 0.401 e. The van der Waals surface area contributed by atoms with E-state index in [0.717, 1.165) is 30.7 Å². The highest BCUT2D eigenvalue weighted by atomic mass is 14.8. The minimum absolute atomic E-state index is 0.900. The van der Waals surface area contributed by atoms with E-state index in [9.17, 15) is 0 Å². The van der Waals surface area contributed by atoms with Crippen LogP contribution in [0.2, 0.25) is 0 Å². The van der Waals surface area contributed by atoms with Gasteiger partial charge in [-0.2, -0.15) is 0 Å². The van der Waals surface area contributed by atoms with Crippen molar-refractivity contribution in [3.8, 4) is 0 Å². The van der Waals surface area contributed by atoms with Crippen molar-refractivity contribution in [2.24, 2.45) is 16.5 Å². The first-order valence-corrected chi connectivity index (χ1v) is 3.06. The maximum absolute atomic E-state index is 5.58. The van der Waals surface area contributed by atoms with Crippen molar-refractivity contribution < 1.29 is 0 Å². The molecule has 0 aliphatic heterocycles. The Morgan fingerprint density at radius 2 is 2.22 bits per heavy atom. The molecule has 0 bridgehead atoms. The molecule has 0 radical (unpaired) electrons. The Kier molecular flexibility index (Phi) is 1.72. The monoisotopic (exact) mass is 125 g/mol. The zero-order valence-electron chi connectivity index (χ0n) is 5.30. The fourth-order valence-corrected chi connectivity index (χ4v) is 0.989. The number of allylic oxidation sites excluding steroid dienone is 2. The Morgan fingerprint density at radius 3 is 2.67 bits per heavy atom. The molecule has 0 aromatic carbocycles. The lowest BCUT2D eigenvalue weighted by Gasteiger charge is -1.91. The van der Waals surface area contributed by atoms with Gasteiger partial charge < -0.3 is 11.5 Å². The molecule has 0 heterocycles. The van der Waals surface area contributed by atoms with Crippen molar-refractivity contribution >= 4 is 6.34 Å². The van der Waals surface area contributed by atoms with Crippen molar-refractivity contribution in [3.05, 3.63) is 11.4 Å². The van der Waals surface area contributed by atoms with Crippen LogP contribution in [-0.4, -0.2) is 6.34 Å². The van der Waals surface area contributed by atoms with Gasteiger partial charge in [-0.1, -0.05) is 0 Å². The number of rotatable bonds is 1. The number of hydrogen-bond donors (Lipinski definition) is 2. The van der Waals surface area contributed by atoms with Gasteiger partial charge in [-0.15, -0.1) is 0 Å². The standard InChI is InChI=1S/C6H11N3/c7-4-9-6-3-1-2-5(6)8/h4H,1-3,8H2,(H2,7,9). The minimum Gasteiger partial charge on any atom is -0.401 e. The van der Waals surface area contributed by atoms with Crippen LogP contribution < -0.4 is 11.5 Å². The highest BCUT2D eigenvalue weighted by Crippen LogP contribution is 2.22. The van der Waals surface area contributed by atoms with Gasteiger partial charge in [0, 0.05) is 5.70 Å². The second kappa shape index (κ2) is 2.53. The van der Waals surface area contributed by atoms with Crippen molar-refractivity contribution in [2.75, 3.05) is 0 Å². The topological polar surface area (TPSA) is 64.4 Å². The fourth-order valence-electron chi connectivity index (χ4n) is 0.989. The third kappa shape index (κ3) is 1.22. The van der Waals surface area contributed by atoms with E-state index in [1.54, 1.807) is 0 Å². The molecule has 0 unspecified atom stereocenters. The Labute approximate surface area is 54.4 Å². The van der Waals surface area contributed by atoms with Crippen LogP contribution in [0.3, 0.4) is 0 Å². The summed E-state index contributed by atoms with van der Waals surface area (Å²) in [6.07, 6.45) is 4.39. The lowest BCUT2D eigenvalue weighted by Crippen LogP contribution is -1.96. The molecule has 3 nitrogen and oxygen atoms in total. The Balaban J connectivity index is 2.66. The van der Waals surface area contributed by atoms with E-state index < -0.39 is 0 Å². The molecule has 0 amide bonds. The molecule has 0 atom stereocenters. The van der Waals surface area contributed by atoms with E-state index in [0.29, 0.717) is 0 Å². The average molecular weight is 125 g/mol. The Hall–Kier alpha value is -0.990. The molecule has 0 saturated carbocycles. The third-order valence-electron chi connectivity index (χ3n) is 1.46. The van der Waals surface area contributed by atoms with Crippen LogP contribution in [0.15, 0.2) is 16.4 Å². The summed E-state index contributed by atoms with van der Waals surface area (Å²) in [7, 11) is 0. The molecule has 3 heteroatoms. The fraction of sp³-hybridized carbons (Fsp3) is 0.500. The van der Waals surface area contributed by atoms with Gasteiger partial charge in [0.2, 0.25) is 0 Å². The van der Waals surface area contributed by atoms with Gasteiger partial charge >= 0.3 is 0 Å². The van der Waals surface area contributed by atoms with E-state index in [2.05, 4.69) is 4.99 Å². The van der Waals surface area contributed by atoms with Gasteiger partial charge in [-0.3, -0.25) is 0 Å². The molecule has 0 aromatic rings. The summed E-state index contributed by atoms with van der Waals surface area (Å²) in [4.78, 5) is 3.91. The normalized spacial score (nSPS) is 20.0. The van der Waals surface area contributed by atoms with Gasteiger partial charge in [0.25, 0.3) is 0 Å². The first-order valence-electron chi connectivity index (χ1n) is 3.06. The first kappa shape index (κ1) is 6.13. The molecule has 0 fully saturated rings. The highest BCUT2D eigenvalue weighted by molar-refractivity contribution is 5.53. The van der Waals surface area contributed by atoms with Crippen LogP contribution in [0.1, 0.15) is 19.3 Å². The number of hydrogen-bond acceptors (Lipinski definition) is 2. The van der Waals surface area contributed by atoms with Crippen molar-refractivity contribution in [1.29, 1.82) is 0 Å². The quantitative estimate of drug-likeness (QED) is 0.391. The summed E-state index contributed by atoms with van der Waals surface area (Å²) in [5.41, 5.74) is 12.5. The minimum atomic E-state index is 0.900. The SMILES string of the molecule is NC=NC1=C(N)CCC1. The molecular weight excluding hydrogens is 114 g/mol. The summed E-state index contributed by atoms with van der Waals surface area (Å²) in [6.45, 7) is 0. The second-order valence-electron chi connectivity index (χ2n) is 2.10. The predicted octanol–water partition coefficient (Wildman–Crippen LogP) is 0.328. The molecular formula is C6H11N3. The number of aliphatic imine (C=N–C) groups is 1. The van der Waals surface area contributed by atoms with Crippen molar-refractivity contribution in [2.45, 2.75) is 19.3 Å². The molecule has 0 aromatic heterocycles. The lowest BCUT2D eigenvalue weighted by molar-refractivity contribution is 0.885. The van der Waals surface area contributed by atoms with Crippen LogP contribution in [0.4, 0.5) is 0 Å². The summed E-state index contributed by atoms with van der Waals surface area (Å²) in [5.74, 6) is 0. The Bertz CT molecular complexity index is 158. The van der Waals surface area contributed by atoms with Crippen LogP contribution in [0.25, 0.3) is 0 Å². The van der Waals surface area contributed by atoms with E-state index >= 15 is 0 Å². The molecule has 1 aliphatic rings. The molecule has 1 rings (SSSR count). The maximum Gasteiger partial charge on any atom is 0.0856 e. The second-order valence-corrected chi connectivity index (χ2v) is 2.10. The third-order valence-corrected chi connectivity index (χ3v) is 1.46. The average Bonchev–Trinajstić information content (AvgIpc) is 2.18. The highest BCUT2D eigenvalue weighted by Gasteiger charge is 2.08. The number of nitrogens with two attached hydrogens (primary N) is 2. The van der Waals surface area contributed by atoms with E-state index in [1.165, 1.54) is 6.34 Å². The molecule has 50 valence electrons. The van der Waals surface area contributed by atoms with E-state index in [1.807, 2.05) is 0 Å². The number of nitrogens with zero attached hydrogens (tertiary/aromatic N) is 1. The zero-order chi connectivity index (χ0) is 6.69.